The van der Waals surface area contributed by atoms with Gasteiger partial charge in [0, 0.05) is 36.0 Å². The molecule has 0 aliphatic heterocycles. The van der Waals surface area contributed by atoms with E-state index in [1.54, 1.807) is 32.4 Å². The molecule has 0 radical (unpaired) electrons. The molecule has 0 spiro atoms. The largest absolute Gasteiger partial charge is 0.497 e. The summed E-state index contributed by atoms with van der Waals surface area (Å²) in [7, 11) is 3.25. The van der Waals surface area contributed by atoms with Crippen LogP contribution in [0.1, 0.15) is 16.7 Å². The van der Waals surface area contributed by atoms with Crippen LogP contribution in [-0.2, 0) is 24.3 Å². The number of amides is 1. The predicted octanol–water partition coefficient (Wildman–Crippen LogP) is 4.31. The monoisotopic (exact) mass is 408 g/mol. The molecule has 3 aromatic rings. The lowest BCUT2D eigenvalue weighted by molar-refractivity contribution is -0.120. The van der Waals surface area contributed by atoms with Crippen molar-refractivity contribution in [1.29, 1.82) is 0 Å². The third-order valence-electron chi connectivity index (χ3n) is 4.73. The molecule has 0 saturated heterocycles. The minimum atomic E-state index is -0.318. The Morgan fingerprint density at radius 1 is 0.900 bits per heavy atom. The molecular formula is C24H25FN2O3. The second-order valence-corrected chi connectivity index (χ2v) is 6.77. The number of carbonyl (C=O) groups is 1. The summed E-state index contributed by atoms with van der Waals surface area (Å²) in [6.07, 6.45) is 0.237. The molecule has 5 nitrogen and oxygen atoms in total. The Morgan fingerprint density at radius 3 is 2.37 bits per heavy atom. The van der Waals surface area contributed by atoms with E-state index in [0.29, 0.717) is 12.1 Å². The summed E-state index contributed by atoms with van der Waals surface area (Å²) < 4.78 is 24.2. The zero-order valence-electron chi connectivity index (χ0n) is 17.1. The van der Waals surface area contributed by atoms with Gasteiger partial charge in [-0.2, -0.15) is 0 Å². The van der Waals surface area contributed by atoms with Gasteiger partial charge in [0.15, 0.2) is 0 Å². The number of ether oxygens (including phenoxy) is 2. The number of anilines is 1. The fourth-order valence-corrected chi connectivity index (χ4v) is 3.02. The summed E-state index contributed by atoms with van der Waals surface area (Å²) in [5.74, 6) is 1.03. The van der Waals surface area contributed by atoms with Crippen molar-refractivity contribution in [2.75, 3.05) is 19.5 Å². The fourth-order valence-electron chi connectivity index (χ4n) is 3.02. The Balaban J connectivity index is 1.51. The van der Waals surface area contributed by atoms with E-state index in [9.17, 15) is 9.18 Å². The van der Waals surface area contributed by atoms with Crippen LogP contribution < -0.4 is 20.1 Å². The Labute approximate surface area is 175 Å². The molecule has 0 fully saturated rings. The van der Waals surface area contributed by atoms with E-state index < -0.39 is 0 Å². The third kappa shape index (κ3) is 5.73. The number of halogens is 1. The highest BCUT2D eigenvalue weighted by Gasteiger charge is 2.07. The third-order valence-corrected chi connectivity index (χ3v) is 4.73. The molecule has 3 aromatic carbocycles. The highest BCUT2D eigenvalue weighted by Crippen LogP contribution is 2.25. The topological polar surface area (TPSA) is 59.6 Å². The van der Waals surface area contributed by atoms with E-state index >= 15 is 0 Å². The minimum absolute atomic E-state index is 0.151. The number of benzene rings is 3. The molecule has 0 aromatic heterocycles. The molecule has 156 valence electrons. The van der Waals surface area contributed by atoms with Crippen LogP contribution in [0.3, 0.4) is 0 Å². The van der Waals surface area contributed by atoms with Crippen LogP contribution >= 0.6 is 0 Å². The molecule has 1 amide bonds. The van der Waals surface area contributed by atoms with Gasteiger partial charge in [-0.1, -0.05) is 30.3 Å². The zero-order chi connectivity index (χ0) is 21.3. The molecule has 0 aliphatic carbocycles. The number of hydrogen-bond acceptors (Lipinski definition) is 4. The number of rotatable bonds is 9. The molecule has 0 bridgehead atoms. The van der Waals surface area contributed by atoms with Crippen LogP contribution in [0.2, 0.25) is 0 Å². The number of hydrogen-bond donors (Lipinski definition) is 2. The van der Waals surface area contributed by atoms with E-state index in [1.807, 2.05) is 42.5 Å². The average molecular weight is 408 g/mol. The van der Waals surface area contributed by atoms with Gasteiger partial charge < -0.3 is 20.1 Å². The van der Waals surface area contributed by atoms with E-state index in [0.717, 1.165) is 28.3 Å². The zero-order valence-corrected chi connectivity index (χ0v) is 17.1. The fraction of sp³-hybridized carbons (Fsp3) is 0.208. The smallest absolute Gasteiger partial charge is 0.224 e. The van der Waals surface area contributed by atoms with Gasteiger partial charge >= 0.3 is 0 Å². The molecule has 30 heavy (non-hydrogen) atoms. The van der Waals surface area contributed by atoms with Crippen molar-refractivity contribution < 1.29 is 18.7 Å². The minimum Gasteiger partial charge on any atom is -0.497 e. The number of nitrogens with one attached hydrogen (secondary N) is 2. The molecule has 2 N–H and O–H groups in total. The highest BCUT2D eigenvalue weighted by atomic mass is 19.1. The van der Waals surface area contributed by atoms with Crippen molar-refractivity contribution in [2.45, 2.75) is 19.5 Å². The first-order chi connectivity index (χ1) is 14.6. The lowest BCUT2D eigenvalue weighted by Crippen LogP contribution is -2.25. The average Bonchev–Trinajstić information content (AvgIpc) is 2.78. The summed E-state index contributed by atoms with van der Waals surface area (Å²) in [6.45, 7) is 0.768. The first-order valence-corrected chi connectivity index (χ1v) is 9.63. The van der Waals surface area contributed by atoms with Crippen LogP contribution in [0.25, 0.3) is 0 Å². The molecule has 3 rings (SSSR count). The summed E-state index contributed by atoms with van der Waals surface area (Å²) >= 11 is 0. The second kappa shape index (κ2) is 10.3. The Bertz CT molecular complexity index is 990. The Morgan fingerprint density at radius 2 is 1.67 bits per heavy atom. The van der Waals surface area contributed by atoms with E-state index in [4.69, 9.17) is 9.47 Å². The van der Waals surface area contributed by atoms with Gasteiger partial charge in [0.05, 0.1) is 20.6 Å². The second-order valence-electron chi connectivity index (χ2n) is 6.77. The number of methoxy groups -OCH3 is 2. The van der Waals surface area contributed by atoms with Crippen LogP contribution in [0.4, 0.5) is 10.1 Å². The van der Waals surface area contributed by atoms with E-state index in [2.05, 4.69) is 10.6 Å². The van der Waals surface area contributed by atoms with Crippen LogP contribution in [0.5, 0.6) is 11.5 Å². The van der Waals surface area contributed by atoms with E-state index in [1.165, 1.54) is 6.07 Å². The summed E-state index contributed by atoms with van der Waals surface area (Å²) in [5, 5.41) is 6.10. The van der Waals surface area contributed by atoms with Gasteiger partial charge in [-0.05, 0) is 35.9 Å². The maximum Gasteiger partial charge on any atom is 0.224 e. The lowest BCUT2D eigenvalue weighted by atomic mass is 10.1. The molecule has 0 saturated carbocycles. The van der Waals surface area contributed by atoms with Gasteiger partial charge in [-0.25, -0.2) is 4.39 Å². The van der Waals surface area contributed by atoms with E-state index in [-0.39, 0.29) is 24.7 Å². The first-order valence-electron chi connectivity index (χ1n) is 9.63. The Hall–Kier alpha value is -3.54. The SMILES string of the molecule is COc1ccc(CNc2ccc(CC(=O)NCc3ccccc3F)cc2)c(OC)c1. The maximum absolute atomic E-state index is 13.6. The summed E-state index contributed by atoms with van der Waals surface area (Å²) in [6, 6.07) is 19.8. The Kier molecular flexibility index (Phi) is 7.27. The van der Waals surface area contributed by atoms with Crippen molar-refractivity contribution >= 4 is 11.6 Å². The molecule has 0 heterocycles. The predicted molar refractivity (Wildman–Crippen MR) is 115 cm³/mol. The first kappa shape index (κ1) is 21.2. The van der Waals surface area contributed by atoms with Crippen molar-refractivity contribution in [3.63, 3.8) is 0 Å². The molecule has 0 atom stereocenters. The highest BCUT2D eigenvalue weighted by molar-refractivity contribution is 5.78. The van der Waals surface area contributed by atoms with Crippen molar-refractivity contribution in [1.82, 2.24) is 5.32 Å². The van der Waals surface area contributed by atoms with Gasteiger partial charge in [-0.3, -0.25) is 4.79 Å². The van der Waals surface area contributed by atoms with Crippen molar-refractivity contribution in [3.05, 3.63) is 89.2 Å². The van der Waals surface area contributed by atoms with Crippen LogP contribution in [0, 0.1) is 5.82 Å². The quantitative estimate of drug-likeness (QED) is 0.554. The molecular weight excluding hydrogens is 383 g/mol. The molecule has 0 unspecified atom stereocenters. The summed E-state index contributed by atoms with van der Waals surface area (Å²) in [4.78, 5) is 12.1. The lowest BCUT2D eigenvalue weighted by Gasteiger charge is -2.12. The van der Waals surface area contributed by atoms with Gasteiger partial charge in [-0.15, -0.1) is 0 Å². The van der Waals surface area contributed by atoms with Gasteiger partial charge in [0.1, 0.15) is 17.3 Å². The van der Waals surface area contributed by atoms with Crippen LogP contribution in [0.15, 0.2) is 66.7 Å². The van der Waals surface area contributed by atoms with Gasteiger partial charge in [0.2, 0.25) is 5.91 Å². The normalized spacial score (nSPS) is 10.4. The molecule has 6 heteroatoms. The van der Waals surface area contributed by atoms with Crippen molar-refractivity contribution in [2.24, 2.45) is 0 Å². The van der Waals surface area contributed by atoms with Crippen molar-refractivity contribution in [3.8, 4) is 11.5 Å². The molecule has 0 aliphatic rings. The van der Waals surface area contributed by atoms with Crippen LogP contribution in [-0.4, -0.2) is 20.1 Å². The maximum atomic E-state index is 13.6. The standard InChI is InChI=1S/C24H25FN2O3/c1-29-21-12-9-19(23(14-21)30-2)16-26-20-10-7-17(8-11-20)13-24(28)27-15-18-5-3-4-6-22(18)25/h3-12,14,26H,13,15-16H2,1-2H3,(H,27,28). The van der Waals surface area contributed by atoms with Gasteiger partial charge in [0.25, 0.3) is 0 Å². The number of carbonyl (C=O) groups excluding carboxylic acids is 1. The summed E-state index contributed by atoms with van der Waals surface area (Å²) in [5.41, 5.74) is 3.30.